The monoisotopic (exact) mass is 467 g/mol. The summed E-state index contributed by atoms with van der Waals surface area (Å²) in [4.78, 5) is 7.43. The number of benzene rings is 1. The number of sulfonamides is 1. The Bertz CT molecular complexity index is 1360. The van der Waals surface area contributed by atoms with E-state index in [9.17, 15) is 26.7 Å². The molecule has 0 atom stereocenters. The van der Waals surface area contributed by atoms with Gasteiger partial charge in [-0.25, -0.2) is 23.1 Å². The fourth-order valence-electron chi connectivity index (χ4n) is 4.89. The van der Waals surface area contributed by atoms with Crippen molar-refractivity contribution in [3.8, 4) is 11.3 Å². The standard InChI is InChI=1S/C20H20F3N5O3S/c1-11-2-3-12(32(30,31)27-18-4-5-19(29,9-18)10-18)6-13(11)14-7-25-17-16(24)26-15(8-28(14)17)20(21,22)23/h2-3,6-8,27,29H,4-5,9-10H2,1H3,(H2,24,26). The molecule has 32 heavy (non-hydrogen) atoms. The molecule has 0 spiro atoms. The van der Waals surface area contributed by atoms with Crippen LogP contribution in [0.15, 0.2) is 35.5 Å². The first-order valence-electron chi connectivity index (χ1n) is 9.89. The zero-order valence-electron chi connectivity index (χ0n) is 16.9. The number of aliphatic hydroxyl groups is 1. The molecule has 3 saturated carbocycles. The first kappa shape index (κ1) is 21.2. The Labute approximate surface area is 181 Å². The van der Waals surface area contributed by atoms with E-state index < -0.39 is 33.0 Å². The molecule has 0 amide bonds. The van der Waals surface area contributed by atoms with Crippen molar-refractivity contribution < 1.29 is 26.7 Å². The van der Waals surface area contributed by atoms with E-state index in [4.69, 9.17) is 5.73 Å². The van der Waals surface area contributed by atoms with Crippen LogP contribution in [0.25, 0.3) is 16.9 Å². The van der Waals surface area contributed by atoms with E-state index in [0.29, 0.717) is 36.8 Å². The number of imidazole rings is 1. The van der Waals surface area contributed by atoms with Crippen LogP contribution in [0.4, 0.5) is 19.0 Å². The second-order valence-corrected chi connectivity index (χ2v) is 10.5. The van der Waals surface area contributed by atoms with Gasteiger partial charge in [0.1, 0.15) is 0 Å². The Hall–Kier alpha value is -2.70. The van der Waals surface area contributed by atoms with Crippen molar-refractivity contribution >= 4 is 21.5 Å². The van der Waals surface area contributed by atoms with Crippen LogP contribution in [0.1, 0.15) is 36.9 Å². The Balaban J connectivity index is 1.58. The Kier molecular flexibility index (Phi) is 4.25. The minimum atomic E-state index is -4.71. The second kappa shape index (κ2) is 6.42. The van der Waals surface area contributed by atoms with Gasteiger partial charge in [-0.2, -0.15) is 13.2 Å². The third kappa shape index (κ3) is 3.24. The van der Waals surface area contributed by atoms with E-state index in [-0.39, 0.29) is 22.1 Å². The van der Waals surface area contributed by atoms with Crippen LogP contribution in [0, 0.1) is 6.92 Å². The third-order valence-electron chi connectivity index (χ3n) is 6.36. The van der Waals surface area contributed by atoms with E-state index in [2.05, 4.69) is 14.7 Å². The van der Waals surface area contributed by atoms with Crippen LogP contribution >= 0.6 is 0 Å². The van der Waals surface area contributed by atoms with Crippen LogP contribution in [-0.2, 0) is 16.2 Å². The predicted molar refractivity (Wildman–Crippen MR) is 109 cm³/mol. The number of halogens is 3. The van der Waals surface area contributed by atoms with Crippen LogP contribution in [0.2, 0.25) is 0 Å². The topological polar surface area (TPSA) is 123 Å². The van der Waals surface area contributed by atoms with Gasteiger partial charge in [-0.05, 0) is 50.3 Å². The molecule has 1 aromatic carbocycles. The molecule has 12 heteroatoms. The molecule has 3 aromatic rings. The molecule has 2 bridgehead atoms. The first-order valence-corrected chi connectivity index (χ1v) is 11.4. The van der Waals surface area contributed by atoms with Crippen molar-refractivity contribution in [2.75, 3.05) is 5.73 Å². The lowest BCUT2D eigenvalue weighted by Crippen LogP contribution is -2.58. The molecular formula is C20H20F3N5O3S. The average molecular weight is 467 g/mol. The van der Waals surface area contributed by atoms with Crippen molar-refractivity contribution in [2.45, 2.75) is 54.8 Å². The van der Waals surface area contributed by atoms with Crippen LogP contribution in [0.5, 0.6) is 0 Å². The summed E-state index contributed by atoms with van der Waals surface area (Å²) in [6.07, 6.45) is -0.732. The largest absolute Gasteiger partial charge is 0.434 e. The van der Waals surface area contributed by atoms with Gasteiger partial charge < -0.3 is 10.8 Å². The molecule has 6 rings (SSSR count). The highest BCUT2D eigenvalue weighted by molar-refractivity contribution is 7.89. The molecule has 0 radical (unpaired) electrons. The number of nitrogens with one attached hydrogen (secondary N) is 1. The maximum Gasteiger partial charge on any atom is 0.434 e. The molecule has 0 aliphatic heterocycles. The van der Waals surface area contributed by atoms with Crippen molar-refractivity contribution in [3.05, 3.63) is 41.9 Å². The summed E-state index contributed by atoms with van der Waals surface area (Å²) in [6, 6.07) is 4.43. The minimum Gasteiger partial charge on any atom is -0.390 e. The number of hydrogen-bond donors (Lipinski definition) is 3. The summed E-state index contributed by atoms with van der Waals surface area (Å²) in [5.74, 6) is -0.382. The van der Waals surface area contributed by atoms with E-state index in [1.54, 1.807) is 13.0 Å². The molecule has 3 fully saturated rings. The molecule has 0 unspecified atom stereocenters. The maximum atomic E-state index is 13.2. The lowest BCUT2D eigenvalue weighted by Gasteiger charge is -2.44. The van der Waals surface area contributed by atoms with Gasteiger partial charge >= 0.3 is 6.18 Å². The van der Waals surface area contributed by atoms with Crippen LogP contribution in [-0.4, -0.2) is 39.0 Å². The fraction of sp³-hybridized carbons (Fsp3) is 0.400. The molecule has 2 aromatic heterocycles. The first-order chi connectivity index (χ1) is 14.8. The second-order valence-electron chi connectivity index (χ2n) is 8.79. The zero-order chi connectivity index (χ0) is 23.1. The van der Waals surface area contributed by atoms with Crippen molar-refractivity contribution in [3.63, 3.8) is 0 Å². The summed E-state index contributed by atoms with van der Waals surface area (Å²) < 4.78 is 69.7. The summed E-state index contributed by atoms with van der Waals surface area (Å²) in [5.41, 5.74) is 4.40. The molecule has 3 aliphatic carbocycles. The minimum absolute atomic E-state index is 0.0252. The number of nitrogens with zero attached hydrogens (tertiary/aromatic N) is 3. The highest BCUT2D eigenvalue weighted by Gasteiger charge is 2.61. The Morgan fingerprint density at radius 3 is 2.59 bits per heavy atom. The molecule has 8 nitrogen and oxygen atoms in total. The van der Waals surface area contributed by atoms with Crippen LogP contribution < -0.4 is 10.5 Å². The number of aryl methyl sites for hydroxylation is 1. The van der Waals surface area contributed by atoms with Gasteiger partial charge in [0.05, 0.1) is 22.4 Å². The van der Waals surface area contributed by atoms with Gasteiger partial charge in [0.15, 0.2) is 17.2 Å². The number of hydrogen-bond acceptors (Lipinski definition) is 6. The summed E-state index contributed by atoms with van der Waals surface area (Å²) in [6.45, 7) is 1.72. The van der Waals surface area contributed by atoms with Gasteiger partial charge in [0.25, 0.3) is 0 Å². The summed E-state index contributed by atoms with van der Waals surface area (Å²) in [5, 5.41) is 10.2. The van der Waals surface area contributed by atoms with Crippen molar-refractivity contribution in [1.29, 1.82) is 0 Å². The quantitative estimate of drug-likeness (QED) is 0.542. The summed E-state index contributed by atoms with van der Waals surface area (Å²) in [7, 11) is -3.92. The van der Waals surface area contributed by atoms with Crippen LogP contribution in [0.3, 0.4) is 0 Å². The van der Waals surface area contributed by atoms with Gasteiger partial charge in [0.2, 0.25) is 10.0 Å². The fourth-order valence-corrected chi connectivity index (χ4v) is 6.35. The third-order valence-corrected chi connectivity index (χ3v) is 7.93. The number of rotatable bonds is 4. The summed E-state index contributed by atoms with van der Waals surface area (Å²) >= 11 is 0. The van der Waals surface area contributed by atoms with E-state index in [1.165, 1.54) is 22.7 Å². The number of nitrogen functional groups attached to an aromatic ring is 1. The van der Waals surface area contributed by atoms with Gasteiger partial charge in [-0.3, -0.25) is 4.40 Å². The maximum absolute atomic E-state index is 13.2. The molecule has 4 N–H and O–H groups in total. The van der Waals surface area contributed by atoms with E-state index in [1.807, 2.05) is 0 Å². The molecule has 3 aliphatic rings. The number of alkyl halides is 3. The Morgan fingerprint density at radius 1 is 1.25 bits per heavy atom. The lowest BCUT2D eigenvalue weighted by molar-refractivity contribution is -0.141. The average Bonchev–Trinajstić information content (AvgIpc) is 3.31. The SMILES string of the molecule is Cc1ccc(S(=O)(=O)NC23CCC(O)(C2)C3)cc1-c1cnc2c(N)nc(C(F)(F)F)cn12. The Morgan fingerprint density at radius 2 is 1.97 bits per heavy atom. The molecular weight excluding hydrogens is 447 g/mol. The van der Waals surface area contributed by atoms with E-state index in [0.717, 1.165) is 6.20 Å². The van der Waals surface area contributed by atoms with Gasteiger partial charge in [0, 0.05) is 17.3 Å². The van der Waals surface area contributed by atoms with E-state index >= 15 is 0 Å². The number of fused-ring (bicyclic) bond motifs is 2. The molecule has 0 saturated heterocycles. The molecule has 170 valence electrons. The number of anilines is 1. The predicted octanol–water partition coefficient (Wildman–Crippen LogP) is 2.64. The van der Waals surface area contributed by atoms with Crippen molar-refractivity contribution in [2.24, 2.45) is 0 Å². The number of aromatic nitrogens is 3. The highest BCUT2D eigenvalue weighted by Crippen LogP contribution is 2.55. The lowest BCUT2D eigenvalue weighted by atomic mass is 9.74. The normalized spacial score (nSPS) is 25.3. The van der Waals surface area contributed by atoms with Gasteiger partial charge in [-0.1, -0.05) is 6.07 Å². The highest BCUT2D eigenvalue weighted by atomic mass is 32.2. The van der Waals surface area contributed by atoms with Gasteiger partial charge in [-0.15, -0.1) is 0 Å². The zero-order valence-corrected chi connectivity index (χ0v) is 17.8. The van der Waals surface area contributed by atoms with Crippen molar-refractivity contribution in [1.82, 2.24) is 19.1 Å². The molecule has 2 heterocycles. The smallest absolute Gasteiger partial charge is 0.390 e. The number of nitrogens with two attached hydrogens (primary N) is 1.